The Kier molecular flexibility index (Phi) is 3.69. The van der Waals surface area contributed by atoms with E-state index in [0.717, 1.165) is 28.2 Å². The number of anilines is 2. The summed E-state index contributed by atoms with van der Waals surface area (Å²) in [4.78, 5) is 20.8. The Hall–Kier alpha value is -2.96. The standard InChI is InChI=1S/C16H18N6O/c1-9-6-4-5-7-13(9)19-14(23)8-12-10(2)18-16-20-15(17)21-22(16)11(12)3/h4-7H,8H2,1-3H3,(H2,17,21)(H,19,23). The molecule has 3 aromatic rings. The number of hydrogen-bond donors (Lipinski definition) is 2. The summed E-state index contributed by atoms with van der Waals surface area (Å²) in [5, 5.41) is 7.04. The molecule has 7 nitrogen and oxygen atoms in total. The van der Waals surface area contributed by atoms with E-state index in [-0.39, 0.29) is 18.3 Å². The number of benzene rings is 1. The largest absolute Gasteiger partial charge is 0.366 e. The van der Waals surface area contributed by atoms with E-state index in [1.807, 2.05) is 45.0 Å². The number of carbonyl (C=O) groups is 1. The van der Waals surface area contributed by atoms with Gasteiger partial charge in [0.25, 0.3) is 5.78 Å². The van der Waals surface area contributed by atoms with Crippen molar-refractivity contribution in [3.63, 3.8) is 0 Å². The van der Waals surface area contributed by atoms with Crippen LogP contribution in [0.25, 0.3) is 5.78 Å². The van der Waals surface area contributed by atoms with Crippen LogP contribution < -0.4 is 11.1 Å². The van der Waals surface area contributed by atoms with Crippen molar-refractivity contribution < 1.29 is 4.79 Å². The van der Waals surface area contributed by atoms with Crippen LogP contribution in [0.3, 0.4) is 0 Å². The first-order valence-electron chi connectivity index (χ1n) is 7.29. The van der Waals surface area contributed by atoms with Crippen LogP contribution >= 0.6 is 0 Å². The number of para-hydroxylation sites is 1. The van der Waals surface area contributed by atoms with E-state index in [2.05, 4.69) is 20.4 Å². The zero-order valence-corrected chi connectivity index (χ0v) is 13.3. The lowest BCUT2D eigenvalue weighted by Gasteiger charge is -2.11. The summed E-state index contributed by atoms with van der Waals surface area (Å²) in [6, 6.07) is 7.67. The number of aryl methyl sites for hydroxylation is 3. The zero-order valence-electron chi connectivity index (χ0n) is 13.3. The number of aromatic nitrogens is 4. The average Bonchev–Trinajstić information content (AvgIpc) is 2.86. The molecule has 0 bridgehead atoms. The molecule has 2 heterocycles. The van der Waals surface area contributed by atoms with E-state index in [1.54, 1.807) is 4.52 Å². The Labute approximate surface area is 133 Å². The van der Waals surface area contributed by atoms with E-state index in [9.17, 15) is 4.79 Å². The van der Waals surface area contributed by atoms with Gasteiger partial charge in [0, 0.05) is 22.6 Å². The SMILES string of the molecule is Cc1ccccc1NC(=O)Cc1c(C)nc2nc(N)nn2c1C. The second-order valence-electron chi connectivity index (χ2n) is 5.48. The fourth-order valence-electron chi connectivity index (χ4n) is 2.55. The molecule has 0 saturated carbocycles. The highest BCUT2D eigenvalue weighted by molar-refractivity contribution is 5.93. The first-order valence-corrected chi connectivity index (χ1v) is 7.29. The van der Waals surface area contributed by atoms with E-state index in [1.165, 1.54) is 0 Å². The van der Waals surface area contributed by atoms with Gasteiger partial charge in [-0.3, -0.25) is 4.79 Å². The van der Waals surface area contributed by atoms with Crippen molar-refractivity contribution in [2.75, 3.05) is 11.1 Å². The van der Waals surface area contributed by atoms with Gasteiger partial charge in [0.05, 0.1) is 6.42 Å². The number of hydrogen-bond acceptors (Lipinski definition) is 5. The first-order chi connectivity index (χ1) is 11.0. The maximum atomic E-state index is 12.4. The normalized spacial score (nSPS) is 10.9. The van der Waals surface area contributed by atoms with Crippen LogP contribution in [0.15, 0.2) is 24.3 Å². The summed E-state index contributed by atoms with van der Waals surface area (Å²) in [5.74, 6) is 0.516. The van der Waals surface area contributed by atoms with Crippen molar-refractivity contribution in [3.8, 4) is 0 Å². The molecule has 0 aliphatic carbocycles. The van der Waals surface area contributed by atoms with Crippen molar-refractivity contribution >= 4 is 23.3 Å². The zero-order chi connectivity index (χ0) is 16.6. The van der Waals surface area contributed by atoms with Crippen molar-refractivity contribution in [2.45, 2.75) is 27.2 Å². The molecule has 1 aromatic carbocycles. The average molecular weight is 310 g/mol. The number of rotatable bonds is 3. The quantitative estimate of drug-likeness (QED) is 0.769. The highest BCUT2D eigenvalue weighted by Crippen LogP contribution is 2.17. The third kappa shape index (κ3) is 2.85. The van der Waals surface area contributed by atoms with E-state index in [4.69, 9.17) is 5.73 Å². The lowest BCUT2D eigenvalue weighted by atomic mass is 10.1. The van der Waals surface area contributed by atoms with Gasteiger partial charge < -0.3 is 11.1 Å². The fraction of sp³-hybridized carbons (Fsp3) is 0.250. The van der Waals surface area contributed by atoms with Gasteiger partial charge in [0.1, 0.15) is 0 Å². The van der Waals surface area contributed by atoms with Crippen LogP contribution in [0.2, 0.25) is 0 Å². The molecule has 3 rings (SSSR count). The Bertz CT molecular complexity index is 899. The first kappa shape index (κ1) is 15.0. The molecule has 0 aliphatic heterocycles. The number of amides is 1. The number of nitrogens with two attached hydrogens (primary N) is 1. The van der Waals surface area contributed by atoms with Crippen LogP contribution in [0, 0.1) is 20.8 Å². The molecule has 0 fully saturated rings. The molecule has 0 aliphatic rings. The molecule has 0 saturated heterocycles. The van der Waals surface area contributed by atoms with E-state index in [0.29, 0.717) is 5.78 Å². The summed E-state index contributed by atoms with van der Waals surface area (Å²) in [5.41, 5.74) is 9.85. The maximum Gasteiger partial charge on any atom is 0.254 e. The van der Waals surface area contributed by atoms with Crippen LogP contribution in [-0.4, -0.2) is 25.5 Å². The van der Waals surface area contributed by atoms with Gasteiger partial charge in [0.15, 0.2) is 0 Å². The van der Waals surface area contributed by atoms with Gasteiger partial charge in [-0.1, -0.05) is 18.2 Å². The van der Waals surface area contributed by atoms with Crippen LogP contribution in [-0.2, 0) is 11.2 Å². The molecule has 3 N–H and O–H groups in total. The topological polar surface area (TPSA) is 98.2 Å². The minimum Gasteiger partial charge on any atom is -0.366 e. The van der Waals surface area contributed by atoms with Gasteiger partial charge in [-0.15, -0.1) is 5.10 Å². The van der Waals surface area contributed by atoms with Gasteiger partial charge >= 0.3 is 0 Å². The highest BCUT2D eigenvalue weighted by Gasteiger charge is 2.15. The minimum atomic E-state index is -0.0975. The summed E-state index contributed by atoms with van der Waals surface area (Å²) >= 11 is 0. The lowest BCUT2D eigenvalue weighted by Crippen LogP contribution is -2.18. The van der Waals surface area contributed by atoms with Crippen molar-refractivity contribution in [1.82, 2.24) is 19.6 Å². The Morgan fingerprint density at radius 2 is 1.96 bits per heavy atom. The van der Waals surface area contributed by atoms with Crippen molar-refractivity contribution in [2.24, 2.45) is 0 Å². The molecule has 1 amide bonds. The second-order valence-corrected chi connectivity index (χ2v) is 5.48. The number of fused-ring (bicyclic) bond motifs is 1. The van der Waals surface area contributed by atoms with Gasteiger partial charge in [-0.05, 0) is 32.4 Å². The molecule has 0 unspecified atom stereocenters. The van der Waals surface area contributed by atoms with Gasteiger partial charge in [-0.25, -0.2) is 4.98 Å². The molecule has 0 radical (unpaired) electrons. The predicted molar refractivity (Wildman–Crippen MR) is 88.2 cm³/mol. The van der Waals surface area contributed by atoms with E-state index >= 15 is 0 Å². The fourth-order valence-corrected chi connectivity index (χ4v) is 2.55. The molecule has 118 valence electrons. The number of nitrogens with one attached hydrogen (secondary N) is 1. The number of nitrogen functional groups attached to an aromatic ring is 1. The Morgan fingerprint density at radius 3 is 2.70 bits per heavy atom. The van der Waals surface area contributed by atoms with Gasteiger partial charge in [-0.2, -0.15) is 9.50 Å². The molecule has 2 aromatic heterocycles. The number of carbonyl (C=O) groups excluding carboxylic acids is 1. The van der Waals surface area contributed by atoms with Crippen LogP contribution in [0.4, 0.5) is 11.6 Å². The number of nitrogens with zero attached hydrogens (tertiary/aromatic N) is 4. The minimum absolute atomic E-state index is 0.0975. The molecular weight excluding hydrogens is 292 g/mol. The smallest absolute Gasteiger partial charge is 0.254 e. The monoisotopic (exact) mass is 310 g/mol. The third-order valence-corrected chi connectivity index (χ3v) is 3.82. The van der Waals surface area contributed by atoms with Crippen molar-refractivity contribution in [3.05, 3.63) is 46.8 Å². The molecule has 0 spiro atoms. The molecular formula is C16H18N6O. The summed E-state index contributed by atoms with van der Waals surface area (Å²) in [6.07, 6.45) is 0.217. The van der Waals surface area contributed by atoms with E-state index < -0.39 is 0 Å². The van der Waals surface area contributed by atoms with Crippen LogP contribution in [0.5, 0.6) is 0 Å². The summed E-state index contributed by atoms with van der Waals surface area (Å²) in [6.45, 7) is 5.69. The summed E-state index contributed by atoms with van der Waals surface area (Å²) < 4.78 is 1.57. The predicted octanol–water partition coefficient (Wildman–Crippen LogP) is 1.81. The van der Waals surface area contributed by atoms with Crippen LogP contribution in [0.1, 0.15) is 22.5 Å². The molecule has 7 heteroatoms. The van der Waals surface area contributed by atoms with Crippen molar-refractivity contribution in [1.29, 1.82) is 0 Å². The molecule has 0 atom stereocenters. The molecule has 23 heavy (non-hydrogen) atoms. The summed E-state index contributed by atoms with van der Waals surface area (Å²) in [7, 11) is 0. The Balaban J connectivity index is 1.89. The maximum absolute atomic E-state index is 12.4. The Morgan fingerprint density at radius 1 is 1.22 bits per heavy atom. The van der Waals surface area contributed by atoms with Gasteiger partial charge in [0.2, 0.25) is 11.9 Å². The third-order valence-electron chi connectivity index (χ3n) is 3.82. The second kappa shape index (κ2) is 5.68. The lowest BCUT2D eigenvalue weighted by molar-refractivity contribution is -0.115. The highest BCUT2D eigenvalue weighted by atomic mass is 16.1.